The number of phenols is 1. The molecule has 0 bridgehead atoms. The maximum Gasteiger partial charge on any atom is 0.277 e. The van der Waals surface area contributed by atoms with E-state index in [9.17, 15) is 13.5 Å². The topological polar surface area (TPSA) is 78.8 Å². The lowest BCUT2D eigenvalue weighted by Gasteiger charge is -2.07. The molecule has 6 heteroatoms. The van der Waals surface area contributed by atoms with E-state index >= 15 is 0 Å². The zero-order valence-corrected chi connectivity index (χ0v) is 12.9. The van der Waals surface area contributed by atoms with E-state index in [1.165, 1.54) is 18.3 Å². The minimum atomic E-state index is -3.76. The average Bonchev–Trinajstić information content (AvgIpc) is 2.56. The first-order valence-corrected chi connectivity index (χ1v) is 8.36. The molecule has 0 heterocycles. The van der Waals surface area contributed by atoms with Gasteiger partial charge in [-0.05, 0) is 41.3 Å². The molecule has 23 heavy (non-hydrogen) atoms. The third kappa shape index (κ3) is 3.32. The first-order chi connectivity index (χ1) is 11.1. The molecular weight excluding hydrogens is 312 g/mol. The van der Waals surface area contributed by atoms with Crippen LogP contribution in [0.4, 0.5) is 0 Å². The summed E-state index contributed by atoms with van der Waals surface area (Å²) >= 11 is 0. The van der Waals surface area contributed by atoms with E-state index in [1.54, 1.807) is 36.4 Å². The number of nitrogens with one attached hydrogen (secondary N) is 1. The number of hydrazone groups is 1. The van der Waals surface area contributed by atoms with Gasteiger partial charge in [0, 0.05) is 5.39 Å². The van der Waals surface area contributed by atoms with E-state index in [4.69, 9.17) is 0 Å². The van der Waals surface area contributed by atoms with Gasteiger partial charge < -0.3 is 5.11 Å². The molecule has 0 aliphatic heterocycles. The number of benzene rings is 3. The standard InChI is InChI=1S/C17H14N2O3S/c20-15-10-8-13(9-11-15)12-18-19-23(21,22)17-7-3-5-14-4-1-2-6-16(14)17/h1-12,19-20H. The van der Waals surface area contributed by atoms with Gasteiger partial charge in [0.25, 0.3) is 10.0 Å². The van der Waals surface area contributed by atoms with Crippen molar-refractivity contribution in [3.05, 3.63) is 72.3 Å². The summed E-state index contributed by atoms with van der Waals surface area (Å²) in [6, 6.07) is 18.6. The van der Waals surface area contributed by atoms with Crippen LogP contribution in [0.5, 0.6) is 5.75 Å². The summed E-state index contributed by atoms with van der Waals surface area (Å²) in [6.07, 6.45) is 1.38. The second kappa shape index (κ2) is 6.10. The SMILES string of the molecule is O=S(=O)(NN=Cc1ccc(O)cc1)c1cccc2ccccc12. The van der Waals surface area contributed by atoms with Crippen molar-refractivity contribution in [2.24, 2.45) is 5.10 Å². The maximum atomic E-state index is 12.4. The van der Waals surface area contributed by atoms with Gasteiger partial charge in [-0.3, -0.25) is 0 Å². The Morgan fingerprint density at radius 2 is 1.61 bits per heavy atom. The average molecular weight is 326 g/mol. The van der Waals surface area contributed by atoms with Crippen molar-refractivity contribution in [2.75, 3.05) is 0 Å². The van der Waals surface area contributed by atoms with Gasteiger partial charge >= 0.3 is 0 Å². The van der Waals surface area contributed by atoms with Crippen LogP contribution in [-0.2, 0) is 10.0 Å². The number of nitrogens with zero attached hydrogens (tertiary/aromatic N) is 1. The van der Waals surface area contributed by atoms with Crippen molar-refractivity contribution in [1.29, 1.82) is 0 Å². The highest BCUT2D eigenvalue weighted by Crippen LogP contribution is 2.22. The molecule has 0 atom stereocenters. The van der Waals surface area contributed by atoms with Gasteiger partial charge in [0.1, 0.15) is 5.75 Å². The number of rotatable bonds is 4. The van der Waals surface area contributed by atoms with E-state index in [1.807, 2.05) is 18.2 Å². The van der Waals surface area contributed by atoms with Crippen molar-refractivity contribution >= 4 is 27.0 Å². The first-order valence-electron chi connectivity index (χ1n) is 6.88. The summed E-state index contributed by atoms with van der Waals surface area (Å²) in [5.74, 6) is 0.137. The van der Waals surface area contributed by atoms with Crippen LogP contribution in [0.2, 0.25) is 0 Å². The minimum absolute atomic E-state index is 0.137. The molecule has 5 nitrogen and oxygen atoms in total. The summed E-state index contributed by atoms with van der Waals surface area (Å²) in [5.41, 5.74) is 0.670. The number of aromatic hydroxyl groups is 1. The molecule has 0 aromatic heterocycles. The largest absolute Gasteiger partial charge is 0.508 e. The molecule has 0 saturated carbocycles. The van der Waals surface area contributed by atoms with Gasteiger partial charge in [-0.25, -0.2) is 4.83 Å². The third-order valence-corrected chi connectivity index (χ3v) is 4.60. The Balaban J connectivity index is 1.88. The van der Waals surface area contributed by atoms with Crippen LogP contribution in [0, 0.1) is 0 Å². The molecule has 3 aromatic rings. The quantitative estimate of drug-likeness (QED) is 0.571. The molecular formula is C17H14N2O3S. The number of phenolic OH excluding ortho intramolecular Hbond substituents is 1. The van der Waals surface area contributed by atoms with Crippen LogP contribution in [-0.4, -0.2) is 19.7 Å². The van der Waals surface area contributed by atoms with Crippen molar-refractivity contribution in [3.8, 4) is 5.75 Å². The van der Waals surface area contributed by atoms with Crippen LogP contribution in [0.3, 0.4) is 0 Å². The second-order valence-electron chi connectivity index (χ2n) is 4.92. The summed E-state index contributed by atoms with van der Waals surface area (Å²) in [7, 11) is -3.76. The van der Waals surface area contributed by atoms with Crippen molar-refractivity contribution in [3.63, 3.8) is 0 Å². The molecule has 0 radical (unpaired) electrons. The predicted molar refractivity (Wildman–Crippen MR) is 90.0 cm³/mol. The van der Waals surface area contributed by atoms with Gasteiger partial charge in [-0.2, -0.15) is 13.5 Å². The van der Waals surface area contributed by atoms with E-state index in [2.05, 4.69) is 9.93 Å². The van der Waals surface area contributed by atoms with Gasteiger partial charge in [0.15, 0.2) is 0 Å². The molecule has 0 unspecified atom stereocenters. The number of sulfonamides is 1. The van der Waals surface area contributed by atoms with Crippen LogP contribution < -0.4 is 4.83 Å². The Labute approximate surface area is 134 Å². The molecule has 0 aliphatic rings. The van der Waals surface area contributed by atoms with Crippen LogP contribution in [0.15, 0.2) is 76.7 Å². The highest BCUT2D eigenvalue weighted by molar-refractivity contribution is 7.89. The minimum Gasteiger partial charge on any atom is -0.508 e. The highest BCUT2D eigenvalue weighted by Gasteiger charge is 2.15. The number of fused-ring (bicyclic) bond motifs is 1. The summed E-state index contributed by atoms with van der Waals surface area (Å²) in [4.78, 5) is 2.39. The predicted octanol–water partition coefficient (Wildman–Crippen LogP) is 2.86. The first kappa shape index (κ1) is 15.1. The Morgan fingerprint density at radius 3 is 2.39 bits per heavy atom. The van der Waals surface area contributed by atoms with Crippen molar-refractivity contribution < 1.29 is 13.5 Å². The fraction of sp³-hybridized carbons (Fsp3) is 0. The van der Waals surface area contributed by atoms with Crippen molar-refractivity contribution in [2.45, 2.75) is 4.90 Å². The van der Waals surface area contributed by atoms with E-state index in [0.29, 0.717) is 10.9 Å². The molecule has 116 valence electrons. The Bertz CT molecular complexity index is 959. The summed E-state index contributed by atoms with van der Waals surface area (Å²) in [6.45, 7) is 0. The van der Waals surface area contributed by atoms with Crippen LogP contribution in [0.1, 0.15) is 5.56 Å². The smallest absolute Gasteiger partial charge is 0.277 e. The molecule has 3 aromatic carbocycles. The molecule has 3 rings (SSSR count). The third-order valence-electron chi connectivity index (χ3n) is 3.32. The fourth-order valence-corrected chi connectivity index (χ4v) is 3.23. The highest BCUT2D eigenvalue weighted by atomic mass is 32.2. The maximum absolute atomic E-state index is 12.4. The molecule has 0 aliphatic carbocycles. The lowest BCUT2D eigenvalue weighted by atomic mass is 10.1. The van der Waals surface area contributed by atoms with Gasteiger partial charge in [-0.15, -0.1) is 0 Å². The number of hydrogen-bond donors (Lipinski definition) is 2. The zero-order valence-electron chi connectivity index (χ0n) is 12.0. The van der Waals surface area contributed by atoms with Gasteiger partial charge in [0.2, 0.25) is 0 Å². The lowest BCUT2D eigenvalue weighted by Crippen LogP contribution is -2.18. The Hall–Kier alpha value is -2.86. The Morgan fingerprint density at radius 1 is 0.913 bits per heavy atom. The lowest BCUT2D eigenvalue weighted by molar-refractivity contribution is 0.475. The summed E-state index contributed by atoms with van der Waals surface area (Å²) in [5, 5.41) is 14.5. The molecule has 0 fully saturated rings. The number of hydrogen-bond acceptors (Lipinski definition) is 4. The molecule has 0 amide bonds. The van der Waals surface area contributed by atoms with Crippen molar-refractivity contribution in [1.82, 2.24) is 4.83 Å². The fourth-order valence-electron chi connectivity index (χ4n) is 2.21. The normalized spacial score (nSPS) is 11.8. The van der Waals surface area contributed by atoms with Crippen LogP contribution >= 0.6 is 0 Å². The Kier molecular flexibility index (Phi) is 3.99. The molecule has 2 N–H and O–H groups in total. The van der Waals surface area contributed by atoms with Gasteiger partial charge in [0.05, 0.1) is 11.1 Å². The van der Waals surface area contributed by atoms with Crippen LogP contribution in [0.25, 0.3) is 10.8 Å². The van der Waals surface area contributed by atoms with E-state index in [0.717, 1.165) is 5.39 Å². The molecule has 0 spiro atoms. The second-order valence-corrected chi connectivity index (χ2v) is 6.55. The molecule has 0 saturated heterocycles. The van der Waals surface area contributed by atoms with E-state index in [-0.39, 0.29) is 10.6 Å². The van der Waals surface area contributed by atoms with Gasteiger partial charge in [-0.1, -0.05) is 36.4 Å². The van der Waals surface area contributed by atoms with E-state index < -0.39 is 10.0 Å². The summed E-state index contributed by atoms with van der Waals surface area (Å²) < 4.78 is 24.9. The zero-order chi connectivity index (χ0) is 16.3. The monoisotopic (exact) mass is 326 g/mol.